The number of aromatic nitrogens is 1. The van der Waals surface area contributed by atoms with Gasteiger partial charge in [-0.2, -0.15) is 0 Å². The van der Waals surface area contributed by atoms with Crippen molar-refractivity contribution in [2.75, 3.05) is 10.6 Å². The number of carbonyl (C=O) groups is 2. The molecule has 2 amide bonds. The number of halogens is 2. The smallest absolute Gasteiger partial charge is 0.255 e. The molecule has 2 aromatic rings. The van der Waals surface area contributed by atoms with Gasteiger partial charge in [0, 0.05) is 21.9 Å². The van der Waals surface area contributed by atoms with E-state index in [0.717, 1.165) is 11.3 Å². The highest BCUT2D eigenvalue weighted by Gasteiger charge is 2.19. The van der Waals surface area contributed by atoms with Gasteiger partial charge >= 0.3 is 0 Å². The van der Waals surface area contributed by atoms with Crippen LogP contribution in [-0.2, 0) is 11.2 Å². The first kappa shape index (κ1) is 14.0. The minimum Gasteiger partial charge on any atom is -0.326 e. The van der Waals surface area contributed by atoms with Gasteiger partial charge < -0.3 is 10.6 Å². The molecule has 3 rings (SSSR count). The highest BCUT2D eigenvalue weighted by atomic mass is 79.9. The molecule has 0 saturated heterocycles. The third-order valence-electron chi connectivity index (χ3n) is 3.05. The second-order valence-corrected chi connectivity index (χ2v) is 5.82. The zero-order chi connectivity index (χ0) is 15.0. The van der Waals surface area contributed by atoms with Crippen LogP contribution in [0.5, 0.6) is 0 Å². The molecular weight excluding hydrogens is 358 g/mol. The van der Waals surface area contributed by atoms with E-state index in [4.69, 9.17) is 11.6 Å². The Kier molecular flexibility index (Phi) is 3.65. The van der Waals surface area contributed by atoms with Crippen molar-refractivity contribution < 1.29 is 9.59 Å². The number of carbonyl (C=O) groups excluding carboxylic acids is 2. The van der Waals surface area contributed by atoms with Crippen molar-refractivity contribution in [3.8, 4) is 0 Å². The summed E-state index contributed by atoms with van der Waals surface area (Å²) in [5.74, 6) is -0.374. The molecule has 2 heterocycles. The molecule has 0 aliphatic carbocycles. The lowest BCUT2D eigenvalue weighted by Gasteiger charge is -2.08. The molecule has 7 heteroatoms. The predicted molar refractivity (Wildman–Crippen MR) is 83.7 cm³/mol. The van der Waals surface area contributed by atoms with E-state index in [2.05, 4.69) is 31.5 Å². The Morgan fingerprint density at radius 2 is 2.19 bits per heavy atom. The topological polar surface area (TPSA) is 71.1 Å². The molecule has 0 fully saturated rings. The van der Waals surface area contributed by atoms with Gasteiger partial charge in [-0.15, -0.1) is 0 Å². The van der Waals surface area contributed by atoms with Gasteiger partial charge in [0.25, 0.3) is 5.91 Å². The van der Waals surface area contributed by atoms with Crippen molar-refractivity contribution in [2.45, 2.75) is 6.42 Å². The van der Waals surface area contributed by atoms with Crippen molar-refractivity contribution in [2.24, 2.45) is 0 Å². The molecule has 1 aromatic carbocycles. The number of hydrogen-bond donors (Lipinski definition) is 2. The van der Waals surface area contributed by atoms with E-state index in [-0.39, 0.29) is 23.4 Å². The molecule has 0 atom stereocenters. The number of rotatable bonds is 2. The molecule has 2 N–H and O–H groups in total. The summed E-state index contributed by atoms with van der Waals surface area (Å²) < 4.78 is 0.714. The summed E-state index contributed by atoms with van der Waals surface area (Å²) in [6, 6.07) is 6.74. The maximum absolute atomic E-state index is 12.2. The van der Waals surface area contributed by atoms with E-state index in [9.17, 15) is 9.59 Å². The van der Waals surface area contributed by atoms with Crippen molar-refractivity contribution in [3.63, 3.8) is 0 Å². The maximum atomic E-state index is 12.2. The fourth-order valence-electron chi connectivity index (χ4n) is 2.08. The van der Waals surface area contributed by atoms with Crippen LogP contribution in [-0.4, -0.2) is 16.8 Å². The molecule has 0 radical (unpaired) electrons. The van der Waals surface area contributed by atoms with Crippen LogP contribution in [0, 0.1) is 0 Å². The Morgan fingerprint density at radius 3 is 3.00 bits per heavy atom. The molecular formula is C14H9BrClN3O2. The number of pyridine rings is 1. The Hall–Kier alpha value is -1.92. The second-order valence-electron chi connectivity index (χ2n) is 4.54. The van der Waals surface area contributed by atoms with Crippen molar-refractivity contribution >= 4 is 50.7 Å². The first-order valence-electron chi connectivity index (χ1n) is 6.08. The third kappa shape index (κ3) is 2.91. The lowest BCUT2D eigenvalue weighted by atomic mass is 10.1. The number of nitrogens with zero attached hydrogens (tertiary/aromatic N) is 1. The molecule has 1 aliphatic rings. The number of fused-ring (bicyclic) bond motifs is 1. The van der Waals surface area contributed by atoms with E-state index >= 15 is 0 Å². The molecule has 5 nitrogen and oxygen atoms in total. The fourth-order valence-corrected chi connectivity index (χ4v) is 2.56. The quantitative estimate of drug-likeness (QED) is 0.802. The molecule has 0 bridgehead atoms. The largest absolute Gasteiger partial charge is 0.326 e. The number of benzene rings is 1. The Labute approximate surface area is 133 Å². The highest BCUT2D eigenvalue weighted by Crippen LogP contribution is 2.26. The minimum absolute atomic E-state index is 0.0678. The van der Waals surface area contributed by atoms with Crippen molar-refractivity contribution in [1.82, 2.24) is 4.98 Å². The Morgan fingerprint density at radius 1 is 1.38 bits per heavy atom. The SMILES string of the molecule is O=C1Cc2cc(C(=O)Nc3cc(Br)cnc3Cl)ccc2N1. The Balaban J connectivity index is 1.85. The van der Waals surface area contributed by atoms with E-state index in [1.54, 1.807) is 30.5 Å². The highest BCUT2D eigenvalue weighted by molar-refractivity contribution is 9.10. The first-order chi connectivity index (χ1) is 10.0. The van der Waals surface area contributed by atoms with Crippen LogP contribution in [0.3, 0.4) is 0 Å². The summed E-state index contributed by atoms with van der Waals surface area (Å²) in [6.07, 6.45) is 1.83. The van der Waals surface area contributed by atoms with Gasteiger partial charge in [-0.3, -0.25) is 9.59 Å². The maximum Gasteiger partial charge on any atom is 0.255 e. The number of hydrogen-bond acceptors (Lipinski definition) is 3. The standard InChI is InChI=1S/C14H9BrClN3O2/c15-9-5-11(13(16)17-6-9)19-14(21)7-1-2-10-8(3-7)4-12(20)18-10/h1-3,5-6H,4H2,(H,18,20)(H,19,21). The molecule has 21 heavy (non-hydrogen) atoms. The average molecular weight is 367 g/mol. The van der Waals surface area contributed by atoms with Gasteiger partial charge in [-0.05, 0) is 45.8 Å². The molecule has 0 spiro atoms. The molecule has 0 saturated carbocycles. The van der Waals surface area contributed by atoms with Gasteiger partial charge in [-0.1, -0.05) is 11.6 Å². The van der Waals surface area contributed by atoms with Crippen LogP contribution in [0.15, 0.2) is 34.9 Å². The number of nitrogens with one attached hydrogen (secondary N) is 2. The summed E-state index contributed by atoms with van der Waals surface area (Å²) in [7, 11) is 0. The lowest BCUT2D eigenvalue weighted by Crippen LogP contribution is -2.12. The van der Waals surface area contributed by atoms with Gasteiger partial charge in [0.15, 0.2) is 5.15 Å². The average Bonchev–Trinajstić information content (AvgIpc) is 2.81. The summed E-state index contributed by atoms with van der Waals surface area (Å²) in [5, 5.41) is 5.64. The van der Waals surface area contributed by atoms with E-state index in [1.807, 2.05) is 0 Å². The van der Waals surface area contributed by atoms with Crippen LogP contribution in [0.1, 0.15) is 15.9 Å². The van der Waals surface area contributed by atoms with Gasteiger partial charge in [0.2, 0.25) is 5.91 Å². The number of anilines is 2. The monoisotopic (exact) mass is 365 g/mol. The fraction of sp³-hybridized carbons (Fsp3) is 0.0714. The third-order valence-corrected chi connectivity index (χ3v) is 3.78. The van der Waals surface area contributed by atoms with E-state index in [0.29, 0.717) is 15.7 Å². The van der Waals surface area contributed by atoms with Gasteiger partial charge in [0.05, 0.1) is 12.1 Å². The first-order valence-corrected chi connectivity index (χ1v) is 7.25. The van der Waals surface area contributed by atoms with Gasteiger partial charge in [-0.25, -0.2) is 4.98 Å². The normalized spacial score (nSPS) is 12.8. The van der Waals surface area contributed by atoms with Crippen molar-refractivity contribution in [1.29, 1.82) is 0 Å². The van der Waals surface area contributed by atoms with Crippen LogP contribution >= 0.6 is 27.5 Å². The molecule has 1 aromatic heterocycles. The van der Waals surface area contributed by atoms with Crippen LogP contribution < -0.4 is 10.6 Å². The van der Waals surface area contributed by atoms with Crippen LogP contribution in [0.25, 0.3) is 0 Å². The van der Waals surface area contributed by atoms with E-state index < -0.39 is 0 Å². The summed E-state index contributed by atoms with van der Waals surface area (Å²) >= 11 is 9.21. The summed E-state index contributed by atoms with van der Waals surface area (Å²) in [6.45, 7) is 0. The zero-order valence-corrected chi connectivity index (χ0v) is 13.0. The van der Waals surface area contributed by atoms with Crippen LogP contribution in [0.2, 0.25) is 5.15 Å². The van der Waals surface area contributed by atoms with Crippen LogP contribution in [0.4, 0.5) is 11.4 Å². The zero-order valence-electron chi connectivity index (χ0n) is 10.6. The lowest BCUT2D eigenvalue weighted by molar-refractivity contribution is -0.115. The Bertz CT molecular complexity index is 764. The summed E-state index contributed by atoms with van der Waals surface area (Å²) in [4.78, 5) is 27.5. The second kappa shape index (κ2) is 5.46. The molecule has 0 unspecified atom stereocenters. The predicted octanol–water partition coefficient (Wildman–Crippen LogP) is 3.24. The van der Waals surface area contributed by atoms with Crippen molar-refractivity contribution in [3.05, 3.63) is 51.2 Å². The minimum atomic E-state index is -0.307. The van der Waals surface area contributed by atoms with Gasteiger partial charge in [0.1, 0.15) is 0 Å². The summed E-state index contributed by atoms with van der Waals surface area (Å²) in [5.41, 5.74) is 2.44. The molecule has 106 valence electrons. The molecule has 1 aliphatic heterocycles. The number of amides is 2. The van der Waals surface area contributed by atoms with E-state index in [1.165, 1.54) is 0 Å².